The maximum Gasteiger partial charge on any atom is 0.262 e. The predicted octanol–water partition coefficient (Wildman–Crippen LogP) is 5.37. The second-order valence-corrected chi connectivity index (χ2v) is 12.2. The lowest BCUT2D eigenvalue weighted by Gasteiger charge is -2.34. The summed E-state index contributed by atoms with van der Waals surface area (Å²) >= 11 is 0. The van der Waals surface area contributed by atoms with Crippen LogP contribution in [0.1, 0.15) is 27.0 Å². The molecule has 1 saturated heterocycles. The molecule has 0 aliphatic carbocycles. The van der Waals surface area contributed by atoms with Crippen LogP contribution in [0, 0.1) is 6.92 Å². The van der Waals surface area contributed by atoms with Crippen molar-refractivity contribution in [3.05, 3.63) is 119 Å². The fourth-order valence-electron chi connectivity index (χ4n) is 4.99. The van der Waals surface area contributed by atoms with Gasteiger partial charge in [-0.3, -0.25) is 19.3 Å². The van der Waals surface area contributed by atoms with E-state index in [-0.39, 0.29) is 10.8 Å². The molecule has 4 aromatic carbocycles. The number of carbonyl (C=O) groups is 1. The lowest BCUT2D eigenvalue weighted by molar-refractivity contribution is 0.102. The van der Waals surface area contributed by atoms with Crippen molar-refractivity contribution in [2.45, 2.75) is 24.9 Å². The molecule has 0 unspecified atom stereocenters. The Morgan fingerprint density at radius 1 is 0.786 bits per heavy atom. The summed E-state index contributed by atoms with van der Waals surface area (Å²) in [6.45, 7) is 7.79. The van der Waals surface area contributed by atoms with E-state index in [4.69, 9.17) is 4.74 Å². The number of aryl methyl sites for hydroxylation is 1. The minimum absolute atomic E-state index is 0.0781. The number of nitrogens with zero attached hydrogens (tertiary/aromatic N) is 2. The van der Waals surface area contributed by atoms with Gasteiger partial charge in [0.15, 0.2) is 0 Å². The number of piperazine rings is 1. The van der Waals surface area contributed by atoms with Gasteiger partial charge in [0.25, 0.3) is 15.9 Å². The molecule has 42 heavy (non-hydrogen) atoms. The molecule has 1 heterocycles. The molecule has 0 saturated carbocycles. The highest BCUT2D eigenvalue weighted by atomic mass is 32.2. The van der Waals surface area contributed by atoms with Crippen LogP contribution >= 0.6 is 0 Å². The van der Waals surface area contributed by atoms with Gasteiger partial charge in [-0.2, -0.15) is 0 Å². The molecule has 2 N–H and O–H groups in total. The van der Waals surface area contributed by atoms with Crippen LogP contribution in [0.25, 0.3) is 0 Å². The Hall–Kier alpha value is -4.18. The molecule has 0 atom stereocenters. The van der Waals surface area contributed by atoms with Gasteiger partial charge in [-0.1, -0.05) is 48.5 Å². The minimum atomic E-state index is -3.84. The molecule has 1 aliphatic rings. The zero-order valence-corrected chi connectivity index (χ0v) is 24.7. The van der Waals surface area contributed by atoms with Crippen molar-refractivity contribution in [2.24, 2.45) is 0 Å². The monoisotopic (exact) mass is 584 g/mol. The number of hydrogen-bond donors (Lipinski definition) is 2. The van der Waals surface area contributed by atoms with Crippen LogP contribution in [0.15, 0.2) is 102 Å². The number of benzene rings is 4. The summed E-state index contributed by atoms with van der Waals surface area (Å²) in [4.78, 5) is 17.9. The lowest BCUT2D eigenvalue weighted by atomic mass is 10.1. The molecule has 0 aromatic heterocycles. The van der Waals surface area contributed by atoms with E-state index in [1.165, 1.54) is 24.8 Å². The number of ether oxygens (including phenoxy) is 1. The maximum absolute atomic E-state index is 12.9. The molecule has 1 aliphatic heterocycles. The summed E-state index contributed by atoms with van der Waals surface area (Å²) in [7, 11) is -2.36. The van der Waals surface area contributed by atoms with Gasteiger partial charge in [0.05, 0.1) is 17.7 Å². The van der Waals surface area contributed by atoms with Crippen molar-refractivity contribution in [3.8, 4) is 5.75 Å². The SMILES string of the molecule is COc1ccc(C)cc1NS(=O)(=O)c1ccc(NC(=O)c2ccc(CN3CCN(Cc4ccccc4)CC3)cc2)cc1. The van der Waals surface area contributed by atoms with Crippen molar-refractivity contribution in [2.75, 3.05) is 43.3 Å². The van der Waals surface area contributed by atoms with Gasteiger partial charge < -0.3 is 10.1 Å². The average Bonchev–Trinajstić information content (AvgIpc) is 2.99. The standard InChI is InChI=1S/C33H36N4O4S/c1-25-8-17-32(41-2)31(22-25)35-42(39,40)30-15-13-29(14-16-30)34-33(38)28-11-9-27(10-12-28)24-37-20-18-36(19-21-37)23-26-6-4-3-5-7-26/h3-17,22,35H,18-21,23-24H2,1-2H3,(H,34,38). The zero-order chi connectivity index (χ0) is 29.5. The number of nitrogens with one attached hydrogen (secondary N) is 2. The van der Waals surface area contributed by atoms with Gasteiger partial charge in [-0.05, 0) is 72.1 Å². The molecular formula is C33H36N4O4S. The first-order valence-corrected chi connectivity index (χ1v) is 15.4. The Balaban J connectivity index is 1.12. The van der Waals surface area contributed by atoms with Gasteiger partial charge >= 0.3 is 0 Å². The fraction of sp³-hybridized carbons (Fsp3) is 0.242. The Labute approximate surface area is 248 Å². The van der Waals surface area contributed by atoms with Crippen LogP contribution in [0.3, 0.4) is 0 Å². The highest BCUT2D eigenvalue weighted by Gasteiger charge is 2.19. The summed E-state index contributed by atoms with van der Waals surface area (Å²) in [5, 5.41) is 2.85. The van der Waals surface area contributed by atoms with E-state index in [2.05, 4.69) is 44.1 Å². The topological polar surface area (TPSA) is 91.0 Å². The van der Waals surface area contributed by atoms with Crippen LogP contribution in [0.4, 0.5) is 11.4 Å². The molecule has 1 amide bonds. The molecule has 0 spiro atoms. The second-order valence-electron chi connectivity index (χ2n) is 10.5. The first-order valence-electron chi connectivity index (χ1n) is 14.0. The summed E-state index contributed by atoms with van der Waals surface area (Å²) in [5.74, 6) is 0.176. The number of anilines is 2. The Kier molecular flexibility index (Phi) is 9.22. The van der Waals surface area contributed by atoms with Crippen molar-refractivity contribution >= 4 is 27.3 Å². The molecule has 0 bridgehead atoms. The van der Waals surface area contributed by atoms with Crippen molar-refractivity contribution in [3.63, 3.8) is 0 Å². The number of sulfonamides is 1. The average molecular weight is 585 g/mol. The summed E-state index contributed by atoms with van der Waals surface area (Å²) in [5.41, 5.74) is 4.81. The summed E-state index contributed by atoms with van der Waals surface area (Å²) < 4.78 is 33.7. The quantitative estimate of drug-likeness (QED) is 0.260. The number of rotatable bonds is 10. The number of amides is 1. The van der Waals surface area contributed by atoms with Crippen LogP contribution in [-0.2, 0) is 23.1 Å². The first kappa shape index (κ1) is 29.3. The summed E-state index contributed by atoms with van der Waals surface area (Å²) in [6, 6.07) is 29.5. The van der Waals surface area contributed by atoms with Gasteiger partial charge in [0, 0.05) is 50.5 Å². The van der Waals surface area contributed by atoms with Crippen molar-refractivity contribution in [1.82, 2.24) is 9.80 Å². The highest BCUT2D eigenvalue weighted by molar-refractivity contribution is 7.92. The van der Waals surface area contributed by atoms with Crippen molar-refractivity contribution in [1.29, 1.82) is 0 Å². The maximum atomic E-state index is 12.9. The van der Waals surface area contributed by atoms with Crippen LogP contribution in [0.5, 0.6) is 5.75 Å². The Morgan fingerprint density at radius 3 is 1.98 bits per heavy atom. The van der Waals surface area contributed by atoms with E-state index < -0.39 is 10.0 Å². The normalized spacial score (nSPS) is 14.3. The second kappa shape index (κ2) is 13.2. The van der Waals surface area contributed by atoms with E-state index in [0.717, 1.165) is 50.4 Å². The van der Waals surface area contributed by atoms with Crippen LogP contribution < -0.4 is 14.8 Å². The number of methoxy groups -OCH3 is 1. The van der Waals surface area contributed by atoms with Gasteiger partial charge in [-0.15, -0.1) is 0 Å². The molecular weight excluding hydrogens is 548 g/mol. The van der Waals surface area contributed by atoms with Gasteiger partial charge in [0.1, 0.15) is 5.75 Å². The number of carbonyl (C=O) groups excluding carboxylic acids is 1. The molecule has 218 valence electrons. The van der Waals surface area contributed by atoms with Gasteiger partial charge in [-0.25, -0.2) is 8.42 Å². The smallest absolute Gasteiger partial charge is 0.262 e. The third-order valence-electron chi connectivity index (χ3n) is 7.36. The van der Waals surface area contributed by atoms with E-state index >= 15 is 0 Å². The molecule has 0 radical (unpaired) electrons. The highest BCUT2D eigenvalue weighted by Crippen LogP contribution is 2.28. The molecule has 9 heteroatoms. The molecule has 8 nitrogen and oxygen atoms in total. The van der Waals surface area contributed by atoms with E-state index in [1.54, 1.807) is 24.3 Å². The third kappa shape index (κ3) is 7.55. The van der Waals surface area contributed by atoms with Gasteiger partial charge in [0.2, 0.25) is 0 Å². The summed E-state index contributed by atoms with van der Waals surface area (Å²) in [6.07, 6.45) is 0. The molecule has 5 rings (SSSR count). The van der Waals surface area contributed by atoms with E-state index in [0.29, 0.717) is 22.7 Å². The number of hydrogen-bond acceptors (Lipinski definition) is 6. The Bertz CT molecular complexity index is 1600. The van der Waals surface area contributed by atoms with Crippen LogP contribution in [-0.4, -0.2) is 57.4 Å². The van der Waals surface area contributed by atoms with E-state index in [9.17, 15) is 13.2 Å². The first-order chi connectivity index (χ1) is 20.3. The fourth-order valence-corrected chi connectivity index (χ4v) is 6.05. The third-order valence-corrected chi connectivity index (χ3v) is 8.74. The lowest BCUT2D eigenvalue weighted by Crippen LogP contribution is -2.45. The van der Waals surface area contributed by atoms with E-state index in [1.807, 2.05) is 43.3 Å². The van der Waals surface area contributed by atoms with Crippen molar-refractivity contribution < 1.29 is 17.9 Å². The minimum Gasteiger partial charge on any atom is -0.495 e. The predicted molar refractivity (Wildman–Crippen MR) is 166 cm³/mol. The molecule has 1 fully saturated rings. The molecule has 4 aromatic rings. The largest absolute Gasteiger partial charge is 0.495 e. The van der Waals surface area contributed by atoms with Crippen LogP contribution in [0.2, 0.25) is 0 Å². The zero-order valence-electron chi connectivity index (χ0n) is 23.9. The Morgan fingerprint density at radius 2 is 1.38 bits per heavy atom.